The highest BCUT2D eigenvalue weighted by Gasteiger charge is 2.51. The molecule has 3 atom stereocenters. The van der Waals surface area contributed by atoms with Gasteiger partial charge >= 0.3 is 0 Å². The molecule has 2 rings (SSSR count). The Morgan fingerprint density at radius 3 is 1.81 bits per heavy atom. The van der Waals surface area contributed by atoms with Gasteiger partial charge < -0.3 is 13.6 Å². The third-order valence-electron chi connectivity index (χ3n) is 8.60. The highest BCUT2D eigenvalue weighted by Crippen LogP contribution is 2.47. The van der Waals surface area contributed by atoms with Gasteiger partial charge in [0, 0.05) is 6.42 Å². The normalized spacial score (nSPS) is 21.7. The molecule has 0 aliphatic carbocycles. The van der Waals surface area contributed by atoms with Crippen molar-refractivity contribution in [2.75, 3.05) is 6.61 Å². The molecule has 1 aromatic heterocycles. The molecule has 0 unspecified atom stereocenters. The molecule has 9 heteroatoms. The topological polar surface area (TPSA) is 69.3 Å². The first-order chi connectivity index (χ1) is 16.7. The van der Waals surface area contributed by atoms with Gasteiger partial charge in [-0.1, -0.05) is 83.1 Å². The zero-order valence-corrected chi connectivity index (χ0v) is 28.8. The van der Waals surface area contributed by atoms with Crippen molar-refractivity contribution in [3.8, 4) is 6.07 Å². The third-order valence-corrected chi connectivity index (χ3v) is 21.9. The van der Waals surface area contributed by atoms with Crippen LogP contribution >= 0.6 is 22.6 Å². The van der Waals surface area contributed by atoms with E-state index in [-0.39, 0.29) is 18.4 Å². The molecule has 1 fully saturated rings. The minimum Gasteiger partial charge on any atom is -0.413 e. The summed E-state index contributed by atoms with van der Waals surface area (Å²) in [7, 11) is -4.17. The van der Waals surface area contributed by atoms with E-state index in [1.807, 2.05) is 4.57 Å². The molecular formula is C27H50IN3O3Si2. The van der Waals surface area contributed by atoms with Gasteiger partial charge in [0.15, 0.2) is 14.0 Å². The van der Waals surface area contributed by atoms with Crippen LogP contribution in [0.4, 0.5) is 0 Å². The van der Waals surface area contributed by atoms with Crippen molar-refractivity contribution in [3.63, 3.8) is 0 Å². The molecule has 0 saturated carbocycles. The fraction of sp³-hybridized carbons (Fsp3) is 0.852. The number of nitriles is 1. The zero-order valence-electron chi connectivity index (χ0n) is 24.6. The second-order valence-electron chi connectivity index (χ2n) is 12.4. The van der Waals surface area contributed by atoms with Gasteiger partial charge in [0.2, 0.25) is 8.32 Å². The summed E-state index contributed by atoms with van der Waals surface area (Å²) in [6.45, 7) is 28.5. The van der Waals surface area contributed by atoms with Crippen molar-refractivity contribution in [3.05, 3.63) is 15.7 Å². The number of imidazole rings is 1. The molecule has 0 spiro atoms. The molecule has 6 nitrogen and oxygen atoms in total. The van der Waals surface area contributed by atoms with Crippen LogP contribution in [0.5, 0.6) is 0 Å². The Balaban J connectivity index is 2.46. The lowest BCUT2D eigenvalue weighted by Gasteiger charge is -2.45. The second kappa shape index (κ2) is 12.7. The predicted molar refractivity (Wildman–Crippen MR) is 161 cm³/mol. The Hall–Kier alpha value is -0.256. The van der Waals surface area contributed by atoms with Crippen molar-refractivity contribution in [2.45, 2.75) is 141 Å². The first kappa shape index (κ1) is 32.0. The van der Waals surface area contributed by atoms with Crippen LogP contribution < -0.4 is 0 Å². The number of hydrogen-bond acceptors (Lipinski definition) is 5. The molecule has 0 aromatic carbocycles. The van der Waals surface area contributed by atoms with Crippen molar-refractivity contribution in [1.82, 2.24) is 9.55 Å². The molecule has 0 N–H and O–H groups in total. The highest BCUT2D eigenvalue weighted by molar-refractivity contribution is 14.1. The van der Waals surface area contributed by atoms with Crippen molar-refractivity contribution in [1.29, 1.82) is 5.26 Å². The monoisotopic (exact) mass is 647 g/mol. The molecule has 1 aromatic rings. The van der Waals surface area contributed by atoms with Crippen LogP contribution in [0.1, 0.15) is 101 Å². The summed E-state index contributed by atoms with van der Waals surface area (Å²) in [6, 6.07) is 2.19. The SMILES string of the molecule is CC(C)[Si](OC[C@H]1O[C@@H](n2cnc(C#N)c2I)C[C@@H]1O[Si](C(C)C)(C(C)C)C(C)C)(C(C)C)C(C)C. The van der Waals surface area contributed by atoms with Crippen LogP contribution in [0.15, 0.2) is 6.33 Å². The van der Waals surface area contributed by atoms with Crippen LogP contribution in [-0.2, 0) is 13.6 Å². The van der Waals surface area contributed by atoms with Gasteiger partial charge in [0.25, 0.3) is 0 Å². The lowest BCUT2D eigenvalue weighted by Crippen LogP contribution is -2.53. The van der Waals surface area contributed by atoms with Gasteiger partial charge in [-0.05, 0) is 55.8 Å². The first-order valence-corrected chi connectivity index (χ1v) is 19.1. The largest absolute Gasteiger partial charge is 0.413 e. The van der Waals surface area contributed by atoms with E-state index in [2.05, 4.69) is 117 Å². The maximum absolute atomic E-state index is 9.44. The second-order valence-corrected chi connectivity index (χ2v) is 24.3. The first-order valence-electron chi connectivity index (χ1n) is 13.8. The smallest absolute Gasteiger partial charge is 0.200 e. The summed E-state index contributed by atoms with van der Waals surface area (Å²) in [5.41, 5.74) is 3.45. The summed E-state index contributed by atoms with van der Waals surface area (Å²) in [5, 5.41) is 9.44. The van der Waals surface area contributed by atoms with Crippen molar-refractivity contribution < 1.29 is 13.6 Å². The zero-order chi connectivity index (χ0) is 27.6. The van der Waals surface area contributed by atoms with E-state index in [4.69, 9.17) is 13.6 Å². The Bertz CT molecular complexity index is 852. The Morgan fingerprint density at radius 2 is 1.42 bits per heavy atom. The van der Waals surface area contributed by atoms with E-state index in [1.54, 1.807) is 6.33 Å². The van der Waals surface area contributed by atoms with Crippen LogP contribution in [0.2, 0.25) is 33.2 Å². The van der Waals surface area contributed by atoms with Crippen molar-refractivity contribution >= 4 is 39.2 Å². The molecule has 0 radical (unpaired) electrons. The standard InChI is InChI=1S/C27H50IN3O3Si2/c1-17(2)35(18(3)4,19(5)6)32-15-25-24(34-36(20(7)8,21(9)10)22(11)12)13-26(33-25)31-16-30-23(14-29)27(31)28/h16-22,24-26H,13,15H2,1-12H3/t24-,25+,26+/m0/s1. The van der Waals surface area contributed by atoms with Gasteiger partial charge in [0.1, 0.15) is 22.1 Å². The third kappa shape index (κ3) is 5.99. The molecule has 0 amide bonds. The quantitative estimate of drug-likeness (QED) is 0.168. The fourth-order valence-electron chi connectivity index (χ4n) is 7.16. The summed E-state index contributed by atoms with van der Waals surface area (Å²) < 4.78 is 23.9. The van der Waals surface area contributed by atoms with E-state index in [9.17, 15) is 5.26 Å². The lowest BCUT2D eigenvalue weighted by atomic mass is 10.2. The Morgan fingerprint density at radius 1 is 0.944 bits per heavy atom. The lowest BCUT2D eigenvalue weighted by molar-refractivity contribution is -0.0415. The molecule has 36 heavy (non-hydrogen) atoms. The van der Waals surface area contributed by atoms with Gasteiger partial charge in [0.05, 0.1) is 19.0 Å². The van der Waals surface area contributed by atoms with Gasteiger partial charge in [-0.25, -0.2) is 4.98 Å². The Kier molecular flexibility index (Phi) is 11.3. The predicted octanol–water partition coefficient (Wildman–Crippen LogP) is 8.40. The number of ether oxygens (including phenoxy) is 1. The Labute approximate surface area is 236 Å². The van der Waals surface area contributed by atoms with Crippen LogP contribution in [0, 0.1) is 15.0 Å². The number of aromatic nitrogens is 2. The van der Waals surface area contributed by atoms with E-state index in [0.717, 1.165) is 10.1 Å². The van der Waals surface area contributed by atoms with Crippen LogP contribution in [-0.4, -0.2) is 45.0 Å². The molecule has 206 valence electrons. The fourth-order valence-corrected chi connectivity index (χ4v) is 18.9. The highest BCUT2D eigenvalue weighted by atomic mass is 127. The van der Waals surface area contributed by atoms with E-state index in [1.165, 1.54) is 0 Å². The minimum atomic E-state index is -2.12. The van der Waals surface area contributed by atoms with Crippen LogP contribution in [0.25, 0.3) is 0 Å². The van der Waals surface area contributed by atoms with Crippen LogP contribution in [0.3, 0.4) is 0 Å². The van der Waals surface area contributed by atoms with Gasteiger partial charge in [-0.15, -0.1) is 0 Å². The van der Waals surface area contributed by atoms with Crippen molar-refractivity contribution in [2.24, 2.45) is 0 Å². The average Bonchev–Trinajstić information content (AvgIpc) is 3.33. The molecule has 1 aliphatic rings. The summed E-state index contributed by atoms with van der Waals surface area (Å²) in [4.78, 5) is 4.30. The molecule has 2 heterocycles. The van der Waals surface area contributed by atoms with E-state index >= 15 is 0 Å². The number of nitrogens with zero attached hydrogens (tertiary/aromatic N) is 3. The minimum absolute atomic E-state index is 0.0456. The number of halogens is 1. The molecule has 1 saturated heterocycles. The maximum atomic E-state index is 9.44. The van der Waals surface area contributed by atoms with E-state index in [0.29, 0.717) is 45.5 Å². The summed E-state index contributed by atoms with van der Waals surface area (Å²) >= 11 is 2.20. The molecule has 1 aliphatic heterocycles. The van der Waals surface area contributed by atoms with E-state index < -0.39 is 16.6 Å². The average molecular weight is 648 g/mol. The molecule has 0 bridgehead atoms. The number of rotatable bonds is 12. The summed E-state index contributed by atoms with van der Waals surface area (Å²) in [6.07, 6.45) is 2.07. The summed E-state index contributed by atoms with van der Waals surface area (Å²) in [5.74, 6) is 0. The van der Waals surface area contributed by atoms with Gasteiger partial charge in [-0.3, -0.25) is 4.57 Å². The molecular weight excluding hydrogens is 597 g/mol. The maximum Gasteiger partial charge on any atom is 0.200 e. The van der Waals surface area contributed by atoms with Gasteiger partial charge in [-0.2, -0.15) is 5.26 Å². The number of hydrogen-bond donors (Lipinski definition) is 0.